The second kappa shape index (κ2) is 4.36. The fraction of sp³-hybridized carbons (Fsp3) is 0. The van der Waals surface area contributed by atoms with Crippen LogP contribution in [0, 0.1) is 0 Å². The van der Waals surface area contributed by atoms with Gasteiger partial charge in [0.1, 0.15) is 0 Å². The quantitative estimate of drug-likeness (QED) is 0.409. The summed E-state index contributed by atoms with van der Waals surface area (Å²) in [6.07, 6.45) is 0. The van der Waals surface area contributed by atoms with Crippen LogP contribution in [-0.2, 0) is 4.63 Å². The van der Waals surface area contributed by atoms with E-state index in [1.165, 1.54) is 0 Å². The van der Waals surface area contributed by atoms with Gasteiger partial charge in [0.25, 0.3) is 0 Å². The van der Waals surface area contributed by atoms with Crippen molar-refractivity contribution in [3.63, 3.8) is 0 Å². The Morgan fingerprint density at radius 2 is 1.43 bits per heavy atom. The van der Waals surface area contributed by atoms with Crippen molar-refractivity contribution in [1.29, 1.82) is 0 Å². The van der Waals surface area contributed by atoms with Gasteiger partial charge in [0.05, 0.1) is 0 Å². The third-order valence-corrected chi connectivity index (χ3v) is 0.311. The molecule has 0 aromatic rings. The number of rotatable bonds is 1. The van der Waals surface area contributed by atoms with E-state index in [0.717, 1.165) is 0 Å². The van der Waals surface area contributed by atoms with E-state index in [2.05, 4.69) is 4.63 Å². The first-order valence-electron chi connectivity index (χ1n) is 1.03. The Hall–Kier alpha value is 1.47. The molecule has 0 aliphatic heterocycles. The molecule has 4 nitrogen and oxygen atoms in total. The summed E-state index contributed by atoms with van der Waals surface area (Å²) in [6, 6.07) is 0. The van der Waals surface area contributed by atoms with Crippen molar-refractivity contribution >= 4 is 54.5 Å². The molecular formula is H5FO4SiSr. The summed E-state index contributed by atoms with van der Waals surface area (Å²) in [6.45, 7) is 0. The van der Waals surface area contributed by atoms with Crippen LogP contribution < -0.4 is 0 Å². The number of hydrogen-bond donors (Lipinski definition) is 3. The Morgan fingerprint density at radius 3 is 1.43 bits per heavy atom. The summed E-state index contributed by atoms with van der Waals surface area (Å²) in [5.41, 5.74) is 0. The molecular weight excluding hydrogens is 199 g/mol. The monoisotopic (exact) mass is 204 g/mol. The number of halogens is 1. The van der Waals surface area contributed by atoms with Gasteiger partial charge in [0.15, 0.2) is 0 Å². The van der Waals surface area contributed by atoms with E-state index in [-0.39, 0.29) is 45.5 Å². The van der Waals surface area contributed by atoms with Crippen LogP contribution >= 0.6 is 0 Å². The minimum absolute atomic E-state index is 0. The fourth-order valence-corrected chi connectivity index (χ4v) is 0. The Bertz CT molecular complexity index is 41.4. The van der Waals surface area contributed by atoms with Gasteiger partial charge in [-0.25, -0.2) is 0 Å². The second-order valence-corrected chi connectivity index (χ2v) is 1.95. The molecule has 0 spiro atoms. The summed E-state index contributed by atoms with van der Waals surface area (Å²) in [7, 11) is -4.80. The van der Waals surface area contributed by atoms with Gasteiger partial charge >= 0.3 is 54.5 Å². The molecule has 0 saturated carbocycles. The Kier molecular flexibility index (Phi) is 7.03. The molecule has 7 heteroatoms. The predicted octanol–water partition coefficient (Wildman–Crippen LogP) is -2.62. The summed E-state index contributed by atoms with van der Waals surface area (Å²) >= 11 is 0. The van der Waals surface area contributed by atoms with Crippen LogP contribution in [0.1, 0.15) is 0 Å². The van der Waals surface area contributed by atoms with Gasteiger partial charge in [-0.15, -0.1) is 0 Å². The van der Waals surface area contributed by atoms with Gasteiger partial charge in [-0.1, -0.05) is 4.53 Å². The first-order valence-corrected chi connectivity index (χ1v) is 2.78. The van der Waals surface area contributed by atoms with Gasteiger partial charge in [-0.3, -0.25) is 0 Å². The summed E-state index contributed by atoms with van der Waals surface area (Å²) in [5, 5.41) is 0. The van der Waals surface area contributed by atoms with Crippen molar-refractivity contribution < 1.29 is 23.5 Å². The van der Waals surface area contributed by atoms with Crippen molar-refractivity contribution in [2.24, 2.45) is 0 Å². The first-order chi connectivity index (χ1) is 2.56. The Morgan fingerprint density at radius 1 is 1.29 bits per heavy atom. The summed E-state index contributed by atoms with van der Waals surface area (Å²) in [5.74, 6) is 0. The summed E-state index contributed by atoms with van der Waals surface area (Å²) < 4.78 is 12.6. The van der Waals surface area contributed by atoms with E-state index in [1.54, 1.807) is 0 Å². The van der Waals surface area contributed by atoms with Gasteiger partial charge in [-0.05, 0) is 0 Å². The molecule has 7 heavy (non-hydrogen) atoms. The third kappa shape index (κ3) is 11.2. The van der Waals surface area contributed by atoms with E-state index in [9.17, 15) is 4.53 Å². The molecule has 0 aromatic heterocycles. The van der Waals surface area contributed by atoms with Crippen LogP contribution in [-0.4, -0.2) is 68.9 Å². The molecule has 0 unspecified atom stereocenters. The van der Waals surface area contributed by atoms with E-state index >= 15 is 0 Å². The maximum atomic E-state index is 10.3. The second-order valence-electron chi connectivity index (χ2n) is 0.651. The van der Waals surface area contributed by atoms with Gasteiger partial charge in [0, 0.05) is 0 Å². The van der Waals surface area contributed by atoms with E-state index < -0.39 is 9.05 Å². The average Bonchev–Trinajstić information content (AvgIpc) is 1.35. The molecule has 0 atom stereocenters. The third-order valence-electron chi connectivity index (χ3n) is 0.104. The van der Waals surface area contributed by atoms with Gasteiger partial charge < -0.3 is 14.4 Å². The molecule has 42 valence electrons. The van der Waals surface area contributed by atoms with Crippen molar-refractivity contribution in [2.75, 3.05) is 0 Å². The fourth-order valence-electron chi connectivity index (χ4n) is 0. The van der Waals surface area contributed by atoms with Crippen LogP contribution in [0.2, 0.25) is 0 Å². The van der Waals surface area contributed by atoms with Crippen LogP contribution in [0.15, 0.2) is 0 Å². The molecule has 3 N–H and O–H groups in total. The van der Waals surface area contributed by atoms with Gasteiger partial charge in [0.2, 0.25) is 0 Å². The zero-order chi connectivity index (χ0) is 5.21. The standard InChI is InChI=1S/FH3O4Si.Sr.2H/c1-5-6(2,3)4;;;/h2-4H;;;. The molecule has 0 fully saturated rings. The van der Waals surface area contributed by atoms with E-state index in [0.29, 0.717) is 0 Å². The average molecular weight is 204 g/mol. The normalized spacial score (nSPS) is 10.3. The van der Waals surface area contributed by atoms with E-state index in [1.807, 2.05) is 0 Å². The Labute approximate surface area is 77.2 Å². The first kappa shape index (κ1) is 11.3. The van der Waals surface area contributed by atoms with Crippen LogP contribution in [0.25, 0.3) is 0 Å². The molecule has 0 amide bonds. The molecule has 0 heterocycles. The maximum absolute atomic E-state index is 10.3. The van der Waals surface area contributed by atoms with E-state index in [4.69, 9.17) is 14.4 Å². The molecule has 0 rings (SSSR count). The van der Waals surface area contributed by atoms with Crippen LogP contribution in [0.3, 0.4) is 0 Å². The zero-order valence-electron chi connectivity index (χ0n) is 2.63. The SMILES string of the molecule is O[Si](O)(O)OF.[SrH2]. The topological polar surface area (TPSA) is 69.9 Å². The molecule has 0 bridgehead atoms. The molecule has 0 aliphatic carbocycles. The van der Waals surface area contributed by atoms with Crippen LogP contribution in [0.4, 0.5) is 4.53 Å². The zero-order valence-corrected chi connectivity index (χ0v) is 3.63. The number of hydrogen-bond acceptors (Lipinski definition) is 4. The molecule has 0 aromatic carbocycles. The van der Waals surface area contributed by atoms with Crippen molar-refractivity contribution in [3.8, 4) is 0 Å². The molecule has 0 radical (unpaired) electrons. The van der Waals surface area contributed by atoms with Crippen molar-refractivity contribution in [1.82, 2.24) is 0 Å². The predicted molar refractivity (Wildman–Crippen MR) is 23.1 cm³/mol. The van der Waals surface area contributed by atoms with Crippen molar-refractivity contribution in [3.05, 3.63) is 0 Å². The van der Waals surface area contributed by atoms with Crippen LogP contribution in [0.5, 0.6) is 0 Å². The molecule has 0 saturated heterocycles. The molecule has 0 aliphatic rings. The Balaban J connectivity index is 0. The summed E-state index contributed by atoms with van der Waals surface area (Å²) in [4.78, 5) is 22.4. The minimum atomic E-state index is -4.80. The van der Waals surface area contributed by atoms with Gasteiger partial charge in [-0.2, -0.15) is 4.63 Å². The van der Waals surface area contributed by atoms with Crippen molar-refractivity contribution in [2.45, 2.75) is 0 Å².